The van der Waals surface area contributed by atoms with Gasteiger partial charge in [0.2, 0.25) is 0 Å². The smallest absolute Gasteiger partial charge is 0.260 e. The van der Waals surface area contributed by atoms with E-state index in [1.54, 1.807) is 12.3 Å². The van der Waals surface area contributed by atoms with Crippen molar-refractivity contribution in [2.45, 2.75) is 19.4 Å². The molecule has 1 N–H and O–H groups in total. The normalized spacial score (nSPS) is 18.4. The molecule has 0 aromatic carbocycles. The van der Waals surface area contributed by atoms with Crippen LogP contribution in [-0.4, -0.2) is 43.0 Å². The summed E-state index contributed by atoms with van der Waals surface area (Å²) < 4.78 is 1.88. The largest absolute Gasteiger partial charge is 0.356 e. The Labute approximate surface area is 132 Å². The molecule has 3 aromatic rings. The summed E-state index contributed by atoms with van der Waals surface area (Å²) in [7, 11) is 0. The van der Waals surface area contributed by atoms with E-state index in [9.17, 15) is 4.79 Å². The molecular weight excluding hydrogens is 294 g/mol. The fourth-order valence-electron chi connectivity index (χ4n) is 3.14. The Hall–Kier alpha value is -2.77. The number of nitrogens with zero attached hydrogens (tertiary/aromatic N) is 6. The molecule has 1 unspecified atom stereocenters. The lowest BCUT2D eigenvalue weighted by Crippen LogP contribution is -2.37. The van der Waals surface area contributed by atoms with Gasteiger partial charge in [0.1, 0.15) is 5.82 Å². The maximum atomic E-state index is 11.7. The van der Waals surface area contributed by atoms with Crippen LogP contribution >= 0.6 is 0 Å². The van der Waals surface area contributed by atoms with Crippen molar-refractivity contribution in [3.8, 4) is 0 Å². The average molecular weight is 311 g/mol. The van der Waals surface area contributed by atoms with Crippen LogP contribution in [-0.2, 0) is 6.54 Å². The summed E-state index contributed by atoms with van der Waals surface area (Å²) in [6, 6.07) is 3.70. The van der Waals surface area contributed by atoms with Crippen molar-refractivity contribution >= 4 is 16.9 Å². The Morgan fingerprint density at radius 1 is 1.35 bits per heavy atom. The van der Waals surface area contributed by atoms with E-state index in [1.165, 1.54) is 12.7 Å². The third kappa shape index (κ3) is 2.79. The quantitative estimate of drug-likeness (QED) is 0.770. The van der Waals surface area contributed by atoms with Crippen LogP contribution in [0.3, 0.4) is 0 Å². The molecule has 0 spiro atoms. The summed E-state index contributed by atoms with van der Waals surface area (Å²) in [6.45, 7) is 2.75. The first-order valence-corrected chi connectivity index (χ1v) is 7.73. The fourth-order valence-corrected chi connectivity index (χ4v) is 3.14. The van der Waals surface area contributed by atoms with Gasteiger partial charge in [-0.2, -0.15) is 0 Å². The zero-order chi connectivity index (χ0) is 15.6. The van der Waals surface area contributed by atoms with Crippen LogP contribution in [0, 0.1) is 5.92 Å². The van der Waals surface area contributed by atoms with Crippen LogP contribution < -0.4 is 10.5 Å². The molecule has 1 aliphatic rings. The molecule has 1 fully saturated rings. The molecule has 8 nitrogen and oxygen atoms in total. The molecule has 0 amide bonds. The Morgan fingerprint density at radius 2 is 2.30 bits per heavy atom. The van der Waals surface area contributed by atoms with Gasteiger partial charge in [0, 0.05) is 25.8 Å². The minimum absolute atomic E-state index is 0.156. The highest BCUT2D eigenvalue weighted by molar-refractivity contribution is 5.75. The Balaban J connectivity index is 1.56. The standard InChI is InChI=1S/C15H17N7O/c23-15-12-3-4-13(19-14(12)16-10-17-15)21-6-1-2-11(8-21)9-22-7-5-18-20-22/h3-5,7,10-11H,1-2,6,8-9H2,(H,16,17,19,23). The van der Waals surface area contributed by atoms with Crippen LogP contribution in [0.25, 0.3) is 11.0 Å². The van der Waals surface area contributed by atoms with Gasteiger partial charge in [0.05, 0.1) is 17.9 Å². The van der Waals surface area contributed by atoms with E-state index in [4.69, 9.17) is 0 Å². The van der Waals surface area contributed by atoms with Gasteiger partial charge in [-0.1, -0.05) is 5.21 Å². The molecule has 0 aliphatic carbocycles. The molecule has 8 heteroatoms. The summed E-state index contributed by atoms with van der Waals surface area (Å²) in [5.74, 6) is 1.38. The number of pyridine rings is 1. The molecular formula is C15H17N7O. The van der Waals surface area contributed by atoms with E-state index >= 15 is 0 Å². The lowest BCUT2D eigenvalue weighted by atomic mass is 9.98. The zero-order valence-corrected chi connectivity index (χ0v) is 12.6. The number of nitrogens with one attached hydrogen (secondary N) is 1. The monoisotopic (exact) mass is 311 g/mol. The minimum atomic E-state index is -0.156. The molecule has 0 bridgehead atoms. The second-order valence-electron chi connectivity index (χ2n) is 5.85. The molecule has 4 rings (SSSR count). The number of H-pyrrole nitrogens is 1. The summed E-state index contributed by atoms with van der Waals surface area (Å²) in [5.41, 5.74) is 0.335. The van der Waals surface area contributed by atoms with Crippen molar-refractivity contribution in [2.75, 3.05) is 18.0 Å². The third-order valence-corrected chi connectivity index (χ3v) is 4.25. The van der Waals surface area contributed by atoms with Crippen molar-refractivity contribution in [1.29, 1.82) is 0 Å². The number of piperidine rings is 1. The van der Waals surface area contributed by atoms with Crippen molar-refractivity contribution in [2.24, 2.45) is 5.92 Å². The third-order valence-electron chi connectivity index (χ3n) is 4.25. The highest BCUT2D eigenvalue weighted by Gasteiger charge is 2.22. The summed E-state index contributed by atoms with van der Waals surface area (Å²) in [6.07, 6.45) is 7.27. The van der Waals surface area contributed by atoms with Gasteiger partial charge >= 0.3 is 0 Å². The number of fused-ring (bicyclic) bond motifs is 1. The minimum Gasteiger partial charge on any atom is -0.356 e. The number of anilines is 1. The summed E-state index contributed by atoms with van der Waals surface area (Å²) in [5, 5.41) is 8.42. The predicted octanol–water partition coefficient (Wildman–Crippen LogP) is 0.826. The average Bonchev–Trinajstić information content (AvgIpc) is 3.08. The Bertz CT molecular complexity index is 858. The first-order valence-electron chi connectivity index (χ1n) is 7.73. The highest BCUT2D eigenvalue weighted by Crippen LogP contribution is 2.23. The maximum absolute atomic E-state index is 11.7. The topological polar surface area (TPSA) is 92.6 Å². The number of hydrogen-bond acceptors (Lipinski definition) is 6. The van der Waals surface area contributed by atoms with Gasteiger partial charge in [0.15, 0.2) is 5.65 Å². The van der Waals surface area contributed by atoms with E-state index in [1.807, 2.05) is 16.9 Å². The van der Waals surface area contributed by atoms with Gasteiger partial charge in [-0.15, -0.1) is 5.10 Å². The first kappa shape index (κ1) is 13.9. The lowest BCUT2D eigenvalue weighted by Gasteiger charge is -2.33. The molecule has 0 saturated carbocycles. The second-order valence-corrected chi connectivity index (χ2v) is 5.85. The first-order chi connectivity index (χ1) is 11.3. The van der Waals surface area contributed by atoms with Crippen LogP contribution in [0.4, 0.5) is 5.82 Å². The van der Waals surface area contributed by atoms with Crippen LogP contribution in [0.15, 0.2) is 35.6 Å². The molecule has 4 heterocycles. The SMILES string of the molecule is O=c1[nH]cnc2nc(N3CCCC(Cn4ccnn4)C3)ccc12. The summed E-state index contributed by atoms with van der Waals surface area (Å²) >= 11 is 0. The predicted molar refractivity (Wildman–Crippen MR) is 85.1 cm³/mol. The second kappa shape index (κ2) is 5.79. The zero-order valence-electron chi connectivity index (χ0n) is 12.6. The number of aromatic amines is 1. The van der Waals surface area contributed by atoms with E-state index < -0.39 is 0 Å². The van der Waals surface area contributed by atoms with Crippen molar-refractivity contribution in [3.05, 3.63) is 41.2 Å². The van der Waals surface area contributed by atoms with E-state index in [2.05, 4.69) is 30.2 Å². The van der Waals surface area contributed by atoms with Gasteiger partial charge in [-0.25, -0.2) is 9.97 Å². The van der Waals surface area contributed by atoms with Gasteiger partial charge in [0.25, 0.3) is 5.56 Å². The van der Waals surface area contributed by atoms with Crippen LogP contribution in [0.5, 0.6) is 0 Å². The molecule has 3 aromatic heterocycles. The maximum Gasteiger partial charge on any atom is 0.260 e. The molecule has 0 radical (unpaired) electrons. The fraction of sp³-hybridized carbons (Fsp3) is 0.400. The van der Waals surface area contributed by atoms with Gasteiger partial charge in [-0.05, 0) is 30.9 Å². The van der Waals surface area contributed by atoms with Crippen LogP contribution in [0.1, 0.15) is 12.8 Å². The Morgan fingerprint density at radius 3 is 3.17 bits per heavy atom. The summed E-state index contributed by atoms with van der Waals surface area (Å²) in [4.78, 5) is 25.3. The number of aromatic nitrogens is 6. The van der Waals surface area contributed by atoms with E-state index in [0.29, 0.717) is 17.0 Å². The molecule has 1 aliphatic heterocycles. The number of rotatable bonds is 3. The van der Waals surface area contributed by atoms with Crippen molar-refractivity contribution in [3.63, 3.8) is 0 Å². The van der Waals surface area contributed by atoms with Crippen molar-refractivity contribution in [1.82, 2.24) is 29.9 Å². The van der Waals surface area contributed by atoms with Crippen LogP contribution in [0.2, 0.25) is 0 Å². The van der Waals surface area contributed by atoms with E-state index in [0.717, 1.165) is 31.9 Å². The molecule has 118 valence electrons. The Kier molecular flexibility index (Phi) is 3.49. The lowest BCUT2D eigenvalue weighted by molar-refractivity contribution is 0.347. The molecule has 1 saturated heterocycles. The molecule has 1 atom stereocenters. The van der Waals surface area contributed by atoms with Gasteiger partial charge < -0.3 is 9.88 Å². The highest BCUT2D eigenvalue weighted by atomic mass is 16.1. The number of hydrogen-bond donors (Lipinski definition) is 1. The van der Waals surface area contributed by atoms with E-state index in [-0.39, 0.29) is 5.56 Å². The van der Waals surface area contributed by atoms with Gasteiger partial charge in [-0.3, -0.25) is 9.48 Å². The van der Waals surface area contributed by atoms with Crippen molar-refractivity contribution < 1.29 is 0 Å². The molecule has 23 heavy (non-hydrogen) atoms.